The number of anilines is 1. The summed E-state index contributed by atoms with van der Waals surface area (Å²) in [5.41, 5.74) is 1.63. The van der Waals surface area contributed by atoms with Crippen molar-refractivity contribution in [3.8, 4) is 0 Å². The molecule has 0 radical (unpaired) electrons. The van der Waals surface area contributed by atoms with Crippen molar-refractivity contribution in [1.29, 1.82) is 0 Å². The van der Waals surface area contributed by atoms with E-state index in [1.165, 1.54) is 10.4 Å². The topological polar surface area (TPSA) is 83.1 Å². The quantitative estimate of drug-likeness (QED) is 0.687. The largest absolute Gasteiger partial charge is 0.333 e. The van der Waals surface area contributed by atoms with E-state index in [1.54, 1.807) is 32.0 Å². The van der Waals surface area contributed by atoms with E-state index in [9.17, 15) is 13.2 Å². The van der Waals surface area contributed by atoms with Crippen LogP contribution in [0.2, 0.25) is 0 Å². The Labute approximate surface area is 161 Å². The molecule has 0 aliphatic rings. The lowest BCUT2D eigenvalue weighted by molar-refractivity contribution is -0.682. The predicted octanol–water partition coefficient (Wildman–Crippen LogP) is 1.98. The fourth-order valence-corrected chi connectivity index (χ4v) is 4.34. The molecule has 0 aromatic heterocycles. The van der Waals surface area contributed by atoms with Crippen LogP contribution in [-0.2, 0) is 14.8 Å². The molecule has 146 valence electrons. The molecule has 0 aliphatic heterocycles. The Morgan fingerprint density at radius 2 is 1.74 bits per heavy atom. The van der Waals surface area contributed by atoms with Crippen molar-refractivity contribution in [2.75, 3.05) is 25.0 Å². The van der Waals surface area contributed by atoms with Crippen molar-refractivity contribution in [2.45, 2.75) is 31.7 Å². The number of hydrogen-bond donors (Lipinski definition) is 2. The lowest BCUT2D eigenvalue weighted by atomic mass is 10.1. The van der Waals surface area contributed by atoms with Crippen LogP contribution in [0, 0.1) is 0 Å². The van der Waals surface area contributed by atoms with Gasteiger partial charge in [-0.15, -0.1) is 0 Å². The first-order chi connectivity index (χ1) is 12.9. The van der Waals surface area contributed by atoms with Crippen LogP contribution >= 0.6 is 0 Å². The van der Waals surface area contributed by atoms with E-state index in [1.807, 2.05) is 42.6 Å². The van der Waals surface area contributed by atoms with Crippen molar-refractivity contribution in [3.05, 3.63) is 60.2 Å². The molecule has 0 heterocycles. The van der Waals surface area contributed by atoms with Gasteiger partial charge in [-0.25, -0.2) is 8.42 Å². The van der Waals surface area contributed by atoms with Gasteiger partial charge in [0.25, 0.3) is 5.91 Å². The molecule has 1 amide bonds. The first kappa shape index (κ1) is 21.1. The van der Waals surface area contributed by atoms with Gasteiger partial charge >= 0.3 is 0 Å². The van der Waals surface area contributed by atoms with E-state index in [2.05, 4.69) is 5.32 Å². The van der Waals surface area contributed by atoms with Gasteiger partial charge < -0.3 is 10.6 Å². The summed E-state index contributed by atoms with van der Waals surface area (Å²) in [4.78, 5) is 12.4. The Morgan fingerprint density at radius 3 is 2.37 bits per heavy atom. The van der Waals surface area contributed by atoms with Crippen LogP contribution in [0.25, 0.3) is 0 Å². The van der Waals surface area contributed by atoms with Crippen LogP contribution in [0.15, 0.2) is 59.5 Å². The van der Waals surface area contributed by atoms with Gasteiger partial charge in [-0.1, -0.05) is 50.2 Å². The standard InChI is InChI=1S/C20H27N3O3S/c1-4-23(5-2)27(25,26)19-13-9-12-18(14-19)22-20(24)15-21-16(3)17-10-7-6-8-11-17/h6-14,16,21H,4-5,15H2,1-3H3,(H,22,24)/p+1/t16-/m1/s1. The van der Waals surface area contributed by atoms with Gasteiger partial charge in [0, 0.05) is 24.3 Å². The number of sulfonamides is 1. The van der Waals surface area contributed by atoms with Gasteiger partial charge in [0.05, 0.1) is 4.90 Å². The maximum atomic E-state index is 12.6. The van der Waals surface area contributed by atoms with E-state index in [0.717, 1.165) is 5.56 Å². The van der Waals surface area contributed by atoms with Crippen LogP contribution in [0.5, 0.6) is 0 Å². The van der Waals surface area contributed by atoms with E-state index >= 15 is 0 Å². The van der Waals surface area contributed by atoms with Gasteiger partial charge in [-0.3, -0.25) is 4.79 Å². The zero-order valence-electron chi connectivity index (χ0n) is 16.1. The summed E-state index contributed by atoms with van der Waals surface area (Å²) < 4.78 is 26.6. The third-order valence-corrected chi connectivity index (χ3v) is 6.49. The highest BCUT2D eigenvalue weighted by molar-refractivity contribution is 7.89. The molecule has 0 bridgehead atoms. The molecule has 0 fully saturated rings. The van der Waals surface area contributed by atoms with Crippen molar-refractivity contribution in [2.24, 2.45) is 0 Å². The number of nitrogens with one attached hydrogen (secondary N) is 1. The number of nitrogens with zero attached hydrogens (tertiary/aromatic N) is 1. The Hall–Kier alpha value is -2.22. The molecule has 27 heavy (non-hydrogen) atoms. The molecule has 0 unspecified atom stereocenters. The van der Waals surface area contributed by atoms with Crippen molar-refractivity contribution < 1.29 is 18.5 Å². The number of benzene rings is 2. The smallest absolute Gasteiger partial charge is 0.279 e. The molecule has 0 spiro atoms. The molecule has 0 saturated heterocycles. The average Bonchev–Trinajstić information content (AvgIpc) is 2.67. The van der Waals surface area contributed by atoms with E-state index in [0.29, 0.717) is 18.8 Å². The fourth-order valence-electron chi connectivity index (χ4n) is 2.84. The lowest BCUT2D eigenvalue weighted by Crippen LogP contribution is -2.86. The van der Waals surface area contributed by atoms with Gasteiger partial charge in [0.1, 0.15) is 6.04 Å². The average molecular weight is 391 g/mol. The van der Waals surface area contributed by atoms with Gasteiger partial charge in [-0.05, 0) is 25.1 Å². The molecule has 2 aromatic rings. The maximum Gasteiger partial charge on any atom is 0.279 e. The predicted molar refractivity (Wildman–Crippen MR) is 107 cm³/mol. The second-order valence-electron chi connectivity index (χ2n) is 6.30. The molecule has 6 nitrogen and oxygen atoms in total. The number of carbonyl (C=O) groups excluding carboxylic acids is 1. The zero-order chi connectivity index (χ0) is 19.9. The monoisotopic (exact) mass is 390 g/mol. The molecular weight excluding hydrogens is 362 g/mol. The van der Waals surface area contributed by atoms with Crippen LogP contribution in [0.4, 0.5) is 5.69 Å². The highest BCUT2D eigenvalue weighted by Gasteiger charge is 2.22. The number of rotatable bonds is 9. The van der Waals surface area contributed by atoms with Crippen LogP contribution in [0.1, 0.15) is 32.4 Å². The Morgan fingerprint density at radius 1 is 1.07 bits per heavy atom. The molecule has 2 rings (SSSR count). The SMILES string of the molecule is CCN(CC)S(=O)(=O)c1cccc(NC(=O)C[NH2+][C@H](C)c2ccccc2)c1. The van der Waals surface area contributed by atoms with Crippen LogP contribution < -0.4 is 10.6 Å². The van der Waals surface area contributed by atoms with Crippen molar-refractivity contribution >= 4 is 21.6 Å². The lowest BCUT2D eigenvalue weighted by Gasteiger charge is -2.18. The normalized spacial score (nSPS) is 12.7. The minimum atomic E-state index is -3.55. The third kappa shape index (κ3) is 5.63. The zero-order valence-corrected chi connectivity index (χ0v) is 16.9. The fraction of sp³-hybridized carbons (Fsp3) is 0.350. The third-order valence-electron chi connectivity index (χ3n) is 4.44. The van der Waals surface area contributed by atoms with Crippen molar-refractivity contribution in [3.63, 3.8) is 0 Å². The number of quaternary nitrogens is 1. The van der Waals surface area contributed by atoms with Gasteiger partial charge in [-0.2, -0.15) is 4.31 Å². The number of carbonyl (C=O) groups is 1. The minimum absolute atomic E-state index is 0.159. The van der Waals surface area contributed by atoms with E-state index < -0.39 is 10.0 Å². The summed E-state index contributed by atoms with van der Waals surface area (Å²) in [6.07, 6.45) is 0. The van der Waals surface area contributed by atoms with Crippen LogP contribution in [-0.4, -0.2) is 38.3 Å². The first-order valence-corrected chi connectivity index (χ1v) is 10.6. The second kappa shape index (κ2) is 9.64. The number of nitrogens with two attached hydrogens (primary N) is 1. The molecule has 3 N–H and O–H groups in total. The van der Waals surface area contributed by atoms with Crippen LogP contribution in [0.3, 0.4) is 0 Å². The molecule has 0 saturated carbocycles. The summed E-state index contributed by atoms with van der Waals surface area (Å²) in [6, 6.07) is 16.5. The summed E-state index contributed by atoms with van der Waals surface area (Å²) in [5, 5.41) is 4.73. The highest BCUT2D eigenvalue weighted by atomic mass is 32.2. The molecular formula is C20H28N3O3S+. The Balaban J connectivity index is 2.00. The molecule has 2 aromatic carbocycles. The number of hydrogen-bond acceptors (Lipinski definition) is 3. The van der Waals surface area contributed by atoms with Gasteiger partial charge in [0.2, 0.25) is 10.0 Å². The summed E-state index contributed by atoms with van der Waals surface area (Å²) in [5.74, 6) is -0.171. The molecule has 7 heteroatoms. The number of amides is 1. The summed E-state index contributed by atoms with van der Waals surface area (Å²) in [7, 11) is -3.55. The first-order valence-electron chi connectivity index (χ1n) is 9.16. The highest BCUT2D eigenvalue weighted by Crippen LogP contribution is 2.19. The minimum Gasteiger partial charge on any atom is -0.333 e. The second-order valence-corrected chi connectivity index (χ2v) is 8.24. The Kier molecular flexibility index (Phi) is 7.53. The molecule has 0 aliphatic carbocycles. The summed E-state index contributed by atoms with van der Waals surface area (Å²) >= 11 is 0. The van der Waals surface area contributed by atoms with Crippen molar-refractivity contribution in [1.82, 2.24) is 4.31 Å². The molecule has 1 atom stereocenters. The summed E-state index contributed by atoms with van der Waals surface area (Å²) in [6.45, 7) is 6.71. The van der Waals surface area contributed by atoms with E-state index in [4.69, 9.17) is 0 Å². The van der Waals surface area contributed by atoms with Gasteiger partial charge in [0.15, 0.2) is 6.54 Å². The Bertz CT molecular complexity index is 850. The maximum absolute atomic E-state index is 12.6. The van der Waals surface area contributed by atoms with E-state index in [-0.39, 0.29) is 23.4 Å².